The van der Waals surface area contributed by atoms with E-state index in [1.807, 2.05) is 31.2 Å². The van der Waals surface area contributed by atoms with E-state index in [1.165, 1.54) is 0 Å². The second-order valence-electron chi connectivity index (χ2n) is 4.54. The zero-order valence-corrected chi connectivity index (χ0v) is 12.3. The summed E-state index contributed by atoms with van der Waals surface area (Å²) in [5, 5.41) is 7.50. The molecular weight excluding hydrogens is 278 g/mol. The first kappa shape index (κ1) is 14.7. The highest BCUT2D eigenvalue weighted by atomic mass is 32.2. The van der Waals surface area contributed by atoms with Crippen LogP contribution in [0.25, 0.3) is 0 Å². The van der Waals surface area contributed by atoms with Gasteiger partial charge in [-0.3, -0.25) is 0 Å². The number of hydrogen-bond donors (Lipinski definition) is 1. The lowest BCUT2D eigenvalue weighted by molar-refractivity contribution is 0.466. The van der Waals surface area contributed by atoms with Gasteiger partial charge in [0.05, 0.1) is 5.75 Å². The molecule has 2 aromatic rings. The van der Waals surface area contributed by atoms with Crippen LogP contribution in [-0.4, -0.2) is 25.2 Å². The highest BCUT2D eigenvalue weighted by Crippen LogP contribution is 2.10. The lowest BCUT2D eigenvalue weighted by Crippen LogP contribution is -2.27. The summed E-state index contributed by atoms with van der Waals surface area (Å²) >= 11 is 0. The average Bonchev–Trinajstić information content (AvgIpc) is 2.77. The van der Waals surface area contributed by atoms with Crippen LogP contribution in [0.15, 0.2) is 28.7 Å². The highest BCUT2D eigenvalue weighted by molar-refractivity contribution is 7.88. The summed E-state index contributed by atoms with van der Waals surface area (Å²) in [6.45, 7) is 3.83. The largest absolute Gasteiger partial charge is 0.426 e. The van der Waals surface area contributed by atoms with Gasteiger partial charge in [-0.1, -0.05) is 24.3 Å². The molecule has 0 amide bonds. The van der Waals surface area contributed by atoms with Crippen LogP contribution in [0.5, 0.6) is 0 Å². The molecule has 2 rings (SSSR count). The first-order valence-electron chi connectivity index (χ1n) is 6.27. The summed E-state index contributed by atoms with van der Waals surface area (Å²) in [4.78, 5) is 0. The maximum Gasteiger partial charge on any atom is 0.217 e. The molecule has 0 aliphatic rings. The minimum absolute atomic E-state index is 0.0253. The molecule has 0 saturated carbocycles. The second-order valence-corrected chi connectivity index (χ2v) is 6.35. The van der Waals surface area contributed by atoms with E-state index < -0.39 is 10.0 Å². The zero-order valence-electron chi connectivity index (χ0n) is 11.5. The minimum Gasteiger partial charge on any atom is -0.426 e. The van der Waals surface area contributed by atoms with Crippen LogP contribution in [0.4, 0.5) is 0 Å². The maximum absolute atomic E-state index is 12.0. The van der Waals surface area contributed by atoms with Gasteiger partial charge in [0, 0.05) is 19.9 Å². The van der Waals surface area contributed by atoms with Crippen molar-refractivity contribution in [2.45, 2.75) is 26.0 Å². The van der Waals surface area contributed by atoms with Gasteiger partial charge in [0.25, 0.3) is 0 Å². The van der Waals surface area contributed by atoms with Crippen LogP contribution in [0.2, 0.25) is 0 Å². The summed E-state index contributed by atoms with van der Waals surface area (Å²) in [5.41, 5.74) is 1.76. The third-order valence-corrected chi connectivity index (χ3v) is 4.17. The zero-order chi connectivity index (χ0) is 14.6. The molecule has 1 heterocycles. The minimum atomic E-state index is -3.36. The Kier molecular flexibility index (Phi) is 4.51. The highest BCUT2D eigenvalue weighted by Gasteiger charge is 2.13. The molecule has 0 saturated heterocycles. The molecule has 0 fully saturated rings. The second kappa shape index (κ2) is 6.15. The Hall–Kier alpha value is -1.73. The van der Waals surface area contributed by atoms with Gasteiger partial charge < -0.3 is 4.42 Å². The lowest BCUT2D eigenvalue weighted by atomic mass is 10.1. The third-order valence-electron chi connectivity index (χ3n) is 2.84. The Morgan fingerprint density at radius 3 is 2.60 bits per heavy atom. The van der Waals surface area contributed by atoms with Crippen LogP contribution < -0.4 is 4.72 Å². The predicted octanol–water partition coefficient (Wildman–Crippen LogP) is 1.35. The molecular formula is C13H17N3O3S. The third kappa shape index (κ3) is 4.14. The van der Waals surface area contributed by atoms with Crippen molar-refractivity contribution in [2.24, 2.45) is 0 Å². The first-order chi connectivity index (χ1) is 9.46. The Bertz CT molecular complexity index is 680. The van der Waals surface area contributed by atoms with Crippen LogP contribution in [0, 0.1) is 13.8 Å². The monoisotopic (exact) mass is 295 g/mol. The van der Waals surface area contributed by atoms with E-state index in [9.17, 15) is 8.42 Å². The van der Waals surface area contributed by atoms with Crippen LogP contribution in [0.3, 0.4) is 0 Å². The summed E-state index contributed by atoms with van der Waals surface area (Å²) in [7, 11) is -3.36. The molecule has 1 N–H and O–H groups in total. The Balaban J connectivity index is 1.90. The van der Waals surface area contributed by atoms with Crippen molar-refractivity contribution < 1.29 is 12.8 Å². The summed E-state index contributed by atoms with van der Waals surface area (Å²) in [6, 6.07) is 7.43. The Morgan fingerprint density at radius 2 is 1.95 bits per heavy atom. The number of nitrogens with zero attached hydrogens (tertiary/aromatic N) is 2. The van der Waals surface area contributed by atoms with E-state index in [1.54, 1.807) is 6.92 Å². The molecule has 0 radical (unpaired) electrons. The van der Waals surface area contributed by atoms with Gasteiger partial charge in [0.15, 0.2) is 0 Å². The fraction of sp³-hybridized carbons (Fsp3) is 0.385. The fourth-order valence-corrected chi connectivity index (χ4v) is 3.03. The molecule has 20 heavy (non-hydrogen) atoms. The van der Waals surface area contributed by atoms with Crippen molar-refractivity contribution in [3.63, 3.8) is 0 Å². The Labute approximate surface area is 118 Å². The van der Waals surface area contributed by atoms with E-state index in [0.717, 1.165) is 11.1 Å². The van der Waals surface area contributed by atoms with E-state index in [0.29, 0.717) is 18.2 Å². The predicted molar refractivity (Wildman–Crippen MR) is 74.5 cm³/mol. The molecule has 0 aliphatic heterocycles. The standard InChI is InChI=1S/C13H17N3O3S/c1-10-5-3-4-6-12(10)9-20(17,18)14-8-7-13-16-15-11(2)19-13/h3-6,14H,7-9H2,1-2H3. The van der Waals surface area contributed by atoms with E-state index >= 15 is 0 Å². The van der Waals surface area contributed by atoms with Crippen LogP contribution in [0.1, 0.15) is 22.9 Å². The molecule has 0 aliphatic carbocycles. The SMILES string of the molecule is Cc1nnc(CCNS(=O)(=O)Cc2ccccc2C)o1. The number of aromatic nitrogens is 2. The number of nitrogens with one attached hydrogen (secondary N) is 1. The number of rotatable bonds is 6. The van der Waals surface area contributed by atoms with Gasteiger partial charge in [-0.05, 0) is 18.1 Å². The van der Waals surface area contributed by atoms with Crippen molar-refractivity contribution in [1.82, 2.24) is 14.9 Å². The Morgan fingerprint density at radius 1 is 1.20 bits per heavy atom. The molecule has 0 spiro atoms. The summed E-state index contributed by atoms with van der Waals surface area (Å²) in [5.74, 6) is 0.881. The van der Waals surface area contributed by atoms with Crippen molar-refractivity contribution >= 4 is 10.0 Å². The molecule has 7 heteroatoms. The summed E-state index contributed by atoms with van der Waals surface area (Å²) in [6.07, 6.45) is 0.383. The topological polar surface area (TPSA) is 85.1 Å². The summed E-state index contributed by atoms with van der Waals surface area (Å²) < 4.78 is 31.7. The van der Waals surface area contributed by atoms with Crippen LogP contribution >= 0.6 is 0 Å². The fourth-order valence-electron chi connectivity index (χ4n) is 1.78. The van der Waals surface area contributed by atoms with E-state index in [4.69, 9.17) is 4.42 Å². The van der Waals surface area contributed by atoms with Crippen molar-refractivity contribution in [2.75, 3.05) is 6.54 Å². The molecule has 108 valence electrons. The molecule has 1 aromatic heterocycles. The van der Waals surface area contributed by atoms with Gasteiger partial charge in [0.2, 0.25) is 21.8 Å². The molecule has 6 nitrogen and oxygen atoms in total. The normalized spacial score (nSPS) is 11.7. The number of hydrogen-bond acceptors (Lipinski definition) is 5. The number of sulfonamides is 1. The van der Waals surface area contributed by atoms with Crippen LogP contribution in [-0.2, 0) is 22.2 Å². The van der Waals surface area contributed by atoms with Gasteiger partial charge in [0.1, 0.15) is 0 Å². The molecule has 0 atom stereocenters. The van der Waals surface area contributed by atoms with Gasteiger partial charge >= 0.3 is 0 Å². The molecule has 0 unspecified atom stereocenters. The van der Waals surface area contributed by atoms with Crippen molar-refractivity contribution in [1.29, 1.82) is 0 Å². The molecule has 1 aromatic carbocycles. The maximum atomic E-state index is 12.0. The van der Waals surface area contributed by atoms with Gasteiger partial charge in [-0.15, -0.1) is 10.2 Å². The van der Waals surface area contributed by atoms with Gasteiger partial charge in [-0.2, -0.15) is 0 Å². The quantitative estimate of drug-likeness (QED) is 0.869. The van der Waals surface area contributed by atoms with Crippen molar-refractivity contribution in [3.8, 4) is 0 Å². The smallest absolute Gasteiger partial charge is 0.217 e. The average molecular weight is 295 g/mol. The number of aryl methyl sites for hydroxylation is 2. The lowest BCUT2D eigenvalue weighted by Gasteiger charge is -2.07. The van der Waals surface area contributed by atoms with Crippen molar-refractivity contribution in [3.05, 3.63) is 47.2 Å². The first-order valence-corrected chi connectivity index (χ1v) is 7.92. The molecule has 0 bridgehead atoms. The van der Waals surface area contributed by atoms with E-state index in [-0.39, 0.29) is 12.3 Å². The van der Waals surface area contributed by atoms with Gasteiger partial charge in [-0.25, -0.2) is 13.1 Å². The number of benzene rings is 1. The van der Waals surface area contributed by atoms with E-state index in [2.05, 4.69) is 14.9 Å².